The number of rotatable bonds is 8. The van der Waals surface area contributed by atoms with Gasteiger partial charge in [-0.3, -0.25) is 4.79 Å². The smallest absolute Gasteiger partial charge is 0.246 e. The monoisotopic (exact) mass is 402 g/mol. The number of nitrogens with zero attached hydrogens (tertiary/aromatic N) is 3. The van der Waals surface area contributed by atoms with E-state index in [0.29, 0.717) is 37.1 Å². The Kier molecular flexibility index (Phi) is 6.45. The zero-order chi connectivity index (χ0) is 20.1. The summed E-state index contributed by atoms with van der Waals surface area (Å²) < 4.78 is 20.8. The van der Waals surface area contributed by atoms with Gasteiger partial charge in [-0.15, -0.1) is 0 Å². The fourth-order valence-corrected chi connectivity index (χ4v) is 2.94. The molecule has 8 heteroatoms. The summed E-state index contributed by atoms with van der Waals surface area (Å²) in [6.07, 6.45) is 5.26. The van der Waals surface area contributed by atoms with Crippen molar-refractivity contribution in [2.24, 2.45) is 5.92 Å². The second-order valence-electron chi connectivity index (χ2n) is 6.69. The lowest BCUT2D eigenvalue weighted by Crippen LogP contribution is -2.35. The van der Waals surface area contributed by atoms with Gasteiger partial charge in [-0.05, 0) is 25.0 Å². The standard InChI is InChI=1S/C20H20ClFN4O2/c1-13(4-5-24-20(27)11-28-16-6-14(7-16)9-23)26-10-19(25-12-26)15-2-3-17(21)18(22)8-15/h2-3,8,10,12,14,16H,1,4-7,11H2,(H,24,27). The first kappa shape index (κ1) is 20.1. The van der Waals surface area contributed by atoms with Gasteiger partial charge in [0, 0.05) is 30.4 Å². The van der Waals surface area contributed by atoms with Crippen LogP contribution >= 0.6 is 11.6 Å². The molecule has 6 nitrogen and oxygen atoms in total. The summed E-state index contributed by atoms with van der Waals surface area (Å²) in [6.45, 7) is 4.39. The molecule has 0 radical (unpaired) electrons. The summed E-state index contributed by atoms with van der Waals surface area (Å²) in [5.74, 6) is -0.639. The van der Waals surface area contributed by atoms with E-state index in [-0.39, 0.29) is 29.6 Å². The first-order chi connectivity index (χ1) is 13.5. The van der Waals surface area contributed by atoms with Gasteiger partial charge in [0.05, 0.1) is 35.1 Å². The summed E-state index contributed by atoms with van der Waals surface area (Å²) in [6, 6.07) is 6.69. The van der Waals surface area contributed by atoms with Crippen molar-refractivity contribution in [1.29, 1.82) is 5.26 Å². The third-order valence-corrected chi connectivity index (χ3v) is 4.93. The van der Waals surface area contributed by atoms with Crippen LogP contribution in [0.5, 0.6) is 0 Å². The van der Waals surface area contributed by atoms with E-state index in [1.165, 1.54) is 12.1 Å². The largest absolute Gasteiger partial charge is 0.368 e. The summed E-state index contributed by atoms with van der Waals surface area (Å²) >= 11 is 5.70. The number of carbonyl (C=O) groups excluding carboxylic acids is 1. The van der Waals surface area contributed by atoms with Crippen molar-refractivity contribution in [2.45, 2.75) is 25.4 Å². The topological polar surface area (TPSA) is 79.9 Å². The molecule has 1 heterocycles. The Labute approximate surface area is 167 Å². The molecule has 2 aromatic rings. The highest BCUT2D eigenvalue weighted by Crippen LogP contribution is 2.29. The van der Waals surface area contributed by atoms with Crippen LogP contribution in [0, 0.1) is 23.1 Å². The second kappa shape index (κ2) is 9.00. The van der Waals surface area contributed by atoms with E-state index in [1.807, 2.05) is 0 Å². The molecule has 146 valence electrons. The van der Waals surface area contributed by atoms with E-state index in [0.717, 1.165) is 5.70 Å². The number of imidazole rings is 1. The van der Waals surface area contributed by atoms with Gasteiger partial charge in [-0.2, -0.15) is 5.26 Å². The fraction of sp³-hybridized carbons (Fsp3) is 0.350. The molecule has 1 aromatic heterocycles. The van der Waals surface area contributed by atoms with E-state index < -0.39 is 5.82 Å². The molecular formula is C20H20ClFN4O2. The maximum atomic E-state index is 13.6. The van der Waals surface area contributed by atoms with E-state index >= 15 is 0 Å². The van der Waals surface area contributed by atoms with Gasteiger partial charge in [0.1, 0.15) is 12.4 Å². The Morgan fingerprint density at radius 2 is 2.29 bits per heavy atom. The van der Waals surface area contributed by atoms with Crippen LogP contribution in [0.2, 0.25) is 5.02 Å². The van der Waals surface area contributed by atoms with Crippen LogP contribution < -0.4 is 5.32 Å². The minimum absolute atomic E-state index is 0.00689. The Balaban J connectivity index is 1.41. The molecule has 0 atom stereocenters. The van der Waals surface area contributed by atoms with Gasteiger partial charge in [0.2, 0.25) is 5.91 Å². The van der Waals surface area contributed by atoms with Crippen LogP contribution in [0.15, 0.2) is 37.3 Å². The number of hydrogen-bond donors (Lipinski definition) is 1. The molecule has 28 heavy (non-hydrogen) atoms. The molecule has 1 saturated carbocycles. The van der Waals surface area contributed by atoms with Gasteiger partial charge in [0.15, 0.2) is 0 Å². The van der Waals surface area contributed by atoms with Crippen molar-refractivity contribution < 1.29 is 13.9 Å². The van der Waals surface area contributed by atoms with Gasteiger partial charge in [-0.25, -0.2) is 9.37 Å². The number of nitrogens with one attached hydrogen (secondary N) is 1. The van der Waals surface area contributed by atoms with Crippen LogP contribution in [0.3, 0.4) is 0 Å². The van der Waals surface area contributed by atoms with Crippen molar-refractivity contribution >= 4 is 23.2 Å². The van der Waals surface area contributed by atoms with E-state index in [9.17, 15) is 9.18 Å². The number of ether oxygens (including phenoxy) is 1. The minimum atomic E-state index is -0.498. The quantitative estimate of drug-likeness (QED) is 0.731. The third-order valence-electron chi connectivity index (χ3n) is 4.63. The van der Waals surface area contributed by atoms with Crippen LogP contribution in [-0.4, -0.2) is 34.7 Å². The average molecular weight is 403 g/mol. The predicted octanol–water partition coefficient (Wildman–Crippen LogP) is 3.64. The van der Waals surface area contributed by atoms with Crippen LogP contribution in [-0.2, 0) is 9.53 Å². The molecular weight excluding hydrogens is 383 g/mol. The number of aromatic nitrogens is 2. The summed E-state index contributed by atoms with van der Waals surface area (Å²) in [7, 11) is 0. The first-order valence-corrected chi connectivity index (χ1v) is 9.29. The van der Waals surface area contributed by atoms with Gasteiger partial charge < -0.3 is 14.6 Å². The number of benzene rings is 1. The molecule has 3 rings (SSSR count). The third kappa shape index (κ3) is 4.97. The molecule has 0 aliphatic heterocycles. The summed E-state index contributed by atoms with van der Waals surface area (Å²) in [5, 5.41) is 11.6. The highest BCUT2D eigenvalue weighted by Gasteiger charge is 2.30. The maximum absolute atomic E-state index is 13.6. The summed E-state index contributed by atoms with van der Waals surface area (Å²) in [5.41, 5.74) is 1.96. The molecule has 0 unspecified atom stereocenters. The number of halogens is 2. The van der Waals surface area contributed by atoms with Crippen molar-refractivity contribution in [3.63, 3.8) is 0 Å². The van der Waals surface area contributed by atoms with Crippen molar-refractivity contribution in [2.75, 3.05) is 13.2 Å². The lowest BCUT2D eigenvalue weighted by Gasteiger charge is -2.30. The van der Waals surface area contributed by atoms with Crippen LogP contribution in [0.1, 0.15) is 19.3 Å². The maximum Gasteiger partial charge on any atom is 0.246 e. The molecule has 0 spiro atoms. The normalized spacial score (nSPS) is 18.2. The zero-order valence-electron chi connectivity index (χ0n) is 15.2. The van der Waals surface area contributed by atoms with Crippen molar-refractivity contribution in [3.8, 4) is 17.3 Å². The second-order valence-corrected chi connectivity index (χ2v) is 7.10. The molecule has 1 N–H and O–H groups in total. The average Bonchev–Trinajstić information content (AvgIpc) is 3.13. The molecule has 0 bridgehead atoms. The Hall–Kier alpha value is -2.69. The number of carbonyl (C=O) groups is 1. The van der Waals surface area contributed by atoms with Crippen molar-refractivity contribution in [1.82, 2.24) is 14.9 Å². The Morgan fingerprint density at radius 3 is 3.00 bits per heavy atom. The van der Waals surface area contributed by atoms with Gasteiger partial charge in [-0.1, -0.05) is 24.2 Å². The van der Waals surface area contributed by atoms with Gasteiger partial charge in [0.25, 0.3) is 0 Å². The van der Waals surface area contributed by atoms with Crippen molar-refractivity contribution in [3.05, 3.63) is 48.1 Å². The predicted molar refractivity (Wildman–Crippen MR) is 104 cm³/mol. The lowest BCUT2D eigenvalue weighted by atomic mass is 9.83. The lowest BCUT2D eigenvalue weighted by molar-refractivity contribution is -0.130. The highest BCUT2D eigenvalue weighted by molar-refractivity contribution is 6.30. The number of hydrogen-bond acceptors (Lipinski definition) is 4. The number of amides is 1. The fourth-order valence-electron chi connectivity index (χ4n) is 2.83. The van der Waals surface area contributed by atoms with E-state index in [2.05, 4.69) is 22.9 Å². The molecule has 1 aliphatic carbocycles. The van der Waals surface area contributed by atoms with Crippen LogP contribution in [0.25, 0.3) is 17.0 Å². The van der Waals surface area contributed by atoms with E-state index in [1.54, 1.807) is 23.2 Å². The van der Waals surface area contributed by atoms with Gasteiger partial charge >= 0.3 is 0 Å². The Bertz CT molecular complexity index is 915. The molecule has 1 amide bonds. The zero-order valence-corrected chi connectivity index (χ0v) is 16.0. The minimum Gasteiger partial charge on any atom is -0.368 e. The SMILES string of the molecule is C=C(CCNC(=O)COC1CC(C#N)C1)n1cnc(-c2ccc(Cl)c(F)c2)c1. The number of nitriles is 1. The van der Waals surface area contributed by atoms with Crippen LogP contribution in [0.4, 0.5) is 4.39 Å². The molecule has 0 saturated heterocycles. The molecule has 1 aliphatic rings. The van der Waals surface area contributed by atoms with E-state index in [4.69, 9.17) is 21.6 Å². The Morgan fingerprint density at radius 1 is 1.50 bits per heavy atom. The molecule has 1 aromatic carbocycles. The highest BCUT2D eigenvalue weighted by atomic mass is 35.5. The molecule has 1 fully saturated rings. The first-order valence-electron chi connectivity index (χ1n) is 8.91. The summed E-state index contributed by atoms with van der Waals surface area (Å²) in [4.78, 5) is 16.1.